The van der Waals surface area contributed by atoms with Crippen LogP contribution in [0.3, 0.4) is 0 Å². The number of carbonyl (C=O) groups is 1. The molecule has 1 aliphatic rings. The molecule has 0 bridgehead atoms. The van der Waals surface area contributed by atoms with Crippen LogP contribution in [0.1, 0.15) is 43.9 Å². The fourth-order valence-corrected chi connectivity index (χ4v) is 2.49. The van der Waals surface area contributed by atoms with Gasteiger partial charge in [-0.1, -0.05) is 31.0 Å². The molecule has 2 rings (SSSR count). The third-order valence-electron chi connectivity index (χ3n) is 3.52. The molecule has 1 aromatic rings. The second kappa shape index (κ2) is 9.06. The highest BCUT2D eigenvalue weighted by molar-refractivity contribution is 6.30. The number of benzene rings is 1. The van der Waals surface area contributed by atoms with Gasteiger partial charge in [0, 0.05) is 11.1 Å². The van der Waals surface area contributed by atoms with E-state index in [1.165, 1.54) is 6.08 Å². The van der Waals surface area contributed by atoms with Gasteiger partial charge >= 0.3 is 5.97 Å². The van der Waals surface area contributed by atoms with Crippen molar-refractivity contribution < 1.29 is 19.0 Å². The molecule has 0 saturated carbocycles. The fourth-order valence-electron chi connectivity index (χ4n) is 2.31. The van der Waals surface area contributed by atoms with E-state index < -0.39 is 0 Å². The van der Waals surface area contributed by atoms with Gasteiger partial charge in [0.25, 0.3) is 0 Å². The lowest BCUT2D eigenvalue weighted by atomic mass is 9.98. The second-order valence-corrected chi connectivity index (χ2v) is 5.86. The van der Waals surface area contributed by atoms with E-state index in [0.29, 0.717) is 18.2 Å². The normalized spacial score (nSPS) is 18.1. The van der Waals surface area contributed by atoms with E-state index in [2.05, 4.69) is 6.92 Å². The lowest BCUT2D eigenvalue weighted by molar-refractivity contribution is -0.137. The second-order valence-electron chi connectivity index (χ2n) is 5.42. The number of hydrogen-bond acceptors (Lipinski definition) is 4. The van der Waals surface area contributed by atoms with Crippen molar-refractivity contribution in [1.29, 1.82) is 0 Å². The fraction of sp³-hybridized carbons (Fsp3) is 0.500. The third-order valence-corrected chi connectivity index (χ3v) is 3.75. The highest BCUT2D eigenvalue weighted by Gasteiger charge is 2.25. The van der Waals surface area contributed by atoms with Gasteiger partial charge in [0.1, 0.15) is 6.10 Å². The lowest BCUT2D eigenvalue weighted by Crippen LogP contribution is -2.10. The molecule has 23 heavy (non-hydrogen) atoms. The third kappa shape index (κ3) is 5.98. The summed E-state index contributed by atoms with van der Waals surface area (Å²) in [6.45, 7) is 5.62. The number of epoxide rings is 1. The van der Waals surface area contributed by atoms with Gasteiger partial charge in [0.2, 0.25) is 0 Å². The van der Waals surface area contributed by atoms with Crippen LogP contribution < -0.4 is 0 Å². The van der Waals surface area contributed by atoms with Crippen LogP contribution in [-0.4, -0.2) is 31.9 Å². The Kier molecular flexibility index (Phi) is 7.09. The predicted molar refractivity (Wildman–Crippen MR) is 90.5 cm³/mol. The number of esters is 1. The quantitative estimate of drug-likeness (QED) is 0.385. The summed E-state index contributed by atoms with van der Waals surface area (Å²) in [7, 11) is 0. The molecule has 1 aromatic carbocycles. The average Bonchev–Trinajstić information content (AvgIpc) is 3.34. The van der Waals surface area contributed by atoms with Gasteiger partial charge < -0.3 is 14.2 Å². The number of hydrogen-bond donors (Lipinski definition) is 0. The Morgan fingerprint density at radius 3 is 2.91 bits per heavy atom. The van der Waals surface area contributed by atoms with Gasteiger partial charge in [0.15, 0.2) is 0 Å². The average molecular weight is 339 g/mol. The molecule has 0 aromatic heterocycles. The van der Waals surface area contributed by atoms with Crippen molar-refractivity contribution in [3.63, 3.8) is 0 Å². The smallest absolute Gasteiger partial charge is 0.330 e. The van der Waals surface area contributed by atoms with Crippen molar-refractivity contribution in [1.82, 2.24) is 0 Å². The van der Waals surface area contributed by atoms with Crippen molar-refractivity contribution in [2.75, 3.05) is 19.8 Å². The molecule has 2 atom stereocenters. The predicted octanol–water partition coefficient (Wildman–Crippen LogP) is 4.17. The Morgan fingerprint density at radius 2 is 2.26 bits per heavy atom. The molecule has 0 N–H and O–H groups in total. The largest absolute Gasteiger partial charge is 0.463 e. The van der Waals surface area contributed by atoms with Crippen LogP contribution in [0.4, 0.5) is 0 Å². The van der Waals surface area contributed by atoms with Crippen LogP contribution in [0.15, 0.2) is 24.3 Å². The molecular formula is C18H23ClO4. The van der Waals surface area contributed by atoms with Crippen molar-refractivity contribution in [2.45, 2.75) is 38.9 Å². The first-order valence-electron chi connectivity index (χ1n) is 8.01. The summed E-state index contributed by atoms with van der Waals surface area (Å²) in [6, 6.07) is 5.64. The molecular weight excluding hydrogens is 316 g/mol. The molecule has 5 heteroatoms. The van der Waals surface area contributed by atoms with E-state index in [1.807, 2.05) is 18.2 Å². The number of carbonyl (C=O) groups excluding carboxylic acids is 1. The molecule has 1 heterocycles. The number of ether oxygens (including phenoxy) is 3. The molecule has 0 aliphatic carbocycles. The standard InChI is InChI=1S/C18H23ClO4/c1-3-5-17(23-12-15-11-22-15)16-8-7-14(19)10-13(16)6-9-18(20)21-4-2/h6-10,15,17H,3-5,11-12H2,1-2H3/b9-6+/t15?,17-/m1/s1. The van der Waals surface area contributed by atoms with Crippen molar-refractivity contribution >= 4 is 23.6 Å². The summed E-state index contributed by atoms with van der Waals surface area (Å²) in [4.78, 5) is 11.5. The Labute approximate surface area is 142 Å². The highest BCUT2D eigenvalue weighted by Crippen LogP contribution is 2.30. The van der Waals surface area contributed by atoms with Crippen LogP contribution in [0.25, 0.3) is 6.08 Å². The summed E-state index contributed by atoms with van der Waals surface area (Å²) in [5, 5.41) is 0.623. The van der Waals surface area contributed by atoms with E-state index in [-0.39, 0.29) is 18.2 Å². The first-order valence-corrected chi connectivity index (χ1v) is 8.39. The summed E-state index contributed by atoms with van der Waals surface area (Å²) in [6.07, 6.45) is 5.24. The maximum Gasteiger partial charge on any atom is 0.330 e. The maximum absolute atomic E-state index is 11.5. The zero-order valence-corrected chi connectivity index (χ0v) is 14.3. The van der Waals surface area contributed by atoms with Gasteiger partial charge in [-0.15, -0.1) is 0 Å². The highest BCUT2D eigenvalue weighted by atomic mass is 35.5. The molecule has 1 saturated heterocycles. The molecule has 0 radical (unpaired) electrons. The van der Waals surface area contributed by atoms with Crippen LogP contribution >= 0.6 is 11.6 Å². The molecule has 0 amide bonds. The van der Waals surface area contributed by atoms with Gasteiger partial charge in [-0.3, -0.25) is 0 Å². The minimum absolute atomic E-state index is 0.0386. The van der Waals surface area contributed by atoms with Gasteiger partial charge in [-0.2, -0.15) is 0 Å². The SMILES string of the molecule is CCC[C@@H](OCC1CO1)c1ccc(Cl)cc1/C=C/C(=O)OCC. The van der Waals surface area contributed by atoms with Crippen LogP contribution in [0, 0.1) is 0 Å². The van der Waals surface area contributed by atoms with Crippen molar-refractivity contribution in [3.8, 4) is 0 Å². The Bertz CT molecular complexity index is 552. The van der Waals surface area contributed by atoms with Crippen LogP contribution in [0.5, 0.6) is 0 Å². The van der Waals surface area contributed by atoms with Gasteiger partial charge in [-0.25, -0.2) is 4.79 Å². The van der Waals surface area contributed by atoms with E-state index in [0.717, 1.165) is 30.6 Å². The van der Waals surface area contributed by atoms with E-state index in [4.69, 9.17) is 25.8 Å². The Balaban J connectivity index is 2.17. The molecule has 0 spiro atoms. The minimum Gasteiger partial charge on any atom is -0.463 e. The Hall–Kier alpha value is -1.36. The molecule has 1 unspecified atom stereocenters. The van der Waals surface area contributed by atoms with Gasteiger partial charge in [-0.05, 0) is 42.7 Å². The Morgan fingerprint density at radius 1 is 1.48 bits per heavy atom. The molecule has 1 fully saturated rings. The van der Waals surface area contributed by atoms with Crippen LogP contribution in [0.2, 0.25) is 5.02 Å². The molecule has 4 nitrogen and oxygen atoms in total. The van der Waals surface area contributed by atoms with Gasteiger partial charge in [0.05, 0.1) is 25.9 Å². The first-order chi connectivity index (χ1) is 11.1. The van der Waals surface area contributed by atoms with Crippen molar-refractivity contribution in [2.24, 2.45) is 0 Å². The summed E-state index contributed by atoms with van der Waals surface area (Å²) < 4.78 is 16.1. The lowest BCUT2D eigenvalue weighted by Gasteiger charge is -2.19. The van der Waals surface area contributed by atoms with E-state index in [1.54, 1.807) is 13.0 Å². The number of halogens is 1. The summed E-state index contributed by atoms with van der Waals surface area (Å²) in [5.74, 6) is -0.363. The monoisotopic (exact) mass is 338 g/mol. The van der Waals surface area contributed by atoms with E-state index >= 15 is 0 Å². The maximum atomic E-state index is 11.5. The first kappa shape index (κ1) is 18.0. The zero-order chi connectivity index (χ0) is 16.7. The molecule has 1 aliphatic heterocycles. The summed E-state index contributed by atoms with van der Waals surface area (Å²) in [5.41, 5.74) is 1.90. The topological polar surface area (TPSA) is 48.1 Å². The van der Waals surface area contributed by atoms with Crippen molar-refractivity contribution in [3.05, 3.63) is 40.4 Å². The zero-order valence-electron chi connectivity index (χ0n) is 13.6. The van der Waals surface area contributed by atoms with Crippen LogP contribution in [-0.2, 0) is 19.0 Å². The minimum atomic E-state index is -0.363. The molecule has 126 valence electrons. The number of rotatable bonds is 9. The van der Waals surface area contributed by atoms with E-state index in [9.17, 15) is 4.79 Å². The summed E-state index contributed by atoms with van der Waals surface area (Å²) >= 11 is 6.10.